The van der Waals surface area contributed by atoms with Crippen LogP contribution >= 0.6 is 0 Å². The highest BCUT2D eigenvalue weighted by molar-refractivity contribution is 5.97. The third kappa shape index (κ3) is 4.34. The molecule has 1 unspecified atom stereocenters. The molecule has 28 heavy (non-hydrogen) atoms. The van der Waals surface area contributed by atoms with Crippen molar-refractivity contribution in [3.8, 4) is 0 Å². The second kappa shape index (κ2) is 8.02. The second-order valence-electron chi connectivity index (χ2n) is 7.42. The van der Waals surface area contributed by atoms with Crippen molar-refractivity contribution in [2.45, 2.75) is 31.9 Å². The van der Waals surface area contributed by atoms with Gasteiger partial charge in [0.2, 0.25) is 0 Å². The van der Waals surface area contributed by atoms with E-state index in [2.05, 4.69) is 10.6 Å². The number of amides is 3. The highest BCUT2D eigenvalue weighted by Crippen LogP contribution is 2.24. The molecule has 2 fully saturated rings. The number of hydrogen-bond acceptors (Lipinski definition) is 3. The first kappa shape index (κ1) is 18.5. The summed E-state index contributed by atoms with van der Waals surface area (Å²) in [6.45, 7) is 3.45. The van der Waals surface area contributed by atoms with Gasteiger partial charge in [-0.2, -0.15) is 0 Å². The van der Waals surface area contributed by atoms with E-state index in [0.29, 0.717) is 37.0 Å². The second-order valence-corrected chi connectivity index (χ2v) is 7.42. The molecule has 2 aliphatic rings. The molecular weight excluding hydrogens is 354 g/mol. The highest BCUT2D eigenvalue weighted by atomic mass is 16.5. The van der Waals surface area contributed by atoms with Crippen LogP contribution in [0.4, 0.5) is 10.5 Å². The molecule has 2 aromatic carbocycles. The molecular formula is C22H25N3O3. The number of hydrogen-bond donors (Lipinski definition) is 2. The first-order chi connectivity index (χ1) is 13.6. The van der Waals surface area contributed by atoms with E-state index in [1.165, 1.54) is 0 Å². The number of ether oxygens (including phenoxy) is 1. The number of anilines is 1. The van der Waals surface area contributed by atoms with Gasteiger partial charge in [0.15, 0.2) is 0 Å². The molecule has 0 radical (unpaired) electrons. The Morgan fingerprint density at radius 3 is 2.64 bits per heavy atom. The van der Waals surface area contributed by atoms with Crippen molar-refractivity contribution in [3.05, 3.63) is 65.2 Å². The molecule has 1 saturated carbocycles. The molecule has 6 nitrogen and oxygen atoms in total. The summed E-state index contributed by atoms with van der Waals surface area (Å²) in [7, 11) is 0. The maximum atomic E-state index is 12.8. The van der Waals surface area contributed by atoms with E-state index < -0.39 is 0 Å². The van der Waals surface area contributed by atoms with E-state index in [0.717, 1.165) is 24.0 Å². The summed E-state index contributed by atoms with van der Waals surface area (Å²) in [6.07, 6.45) is 1.96. The normalized spacial score (nSPS) is 19.2. The largest absolute Gasteiger partial charge is 0.370 e. The number of carbonyl (C=O) groups is 2. The van der Waals surface area contributed by atoms with Gasteiger partial charge in [0, 0.05) is 23.8 Å². The van der Waals surface area contributed by atoms with Crippen LogP contribution in [0, 0.1) is 6.92 Å². The van der Waals surface area contributed by atoms with Gasteiger partial charge in [-0.3, -0.25) is 4.79 Å². The number of rotatable bonds is 4. The third-order valence-electron chi connectivity index (χ3n) is 5.18. The topological polar surface area (TPSA) is 70.7 Å². The lowest BCUT2D eigenvalue weighted by Crippen LogP contribution is -2.44. The highest BCUT2D eigenvalue weighted by Gasteiger charge is 2.26. The zero-order chi connectivity index (χ0) is 19.5. The third-order valence-corrected chi connectivity index (χ3v) is 5.18. The number of aryl methyl sites for hydroxylation is 1. The van der Waals surface area contributed by atoms with Crippen LogP contribution in [0.1, 0.15) is 40.4 Å². The summed E-state index contributed by atoms with van der Waals surface area (Å²) < 4.78 is 5.84. The predicted molar refractivity (Wildman–Crippen MR) is 107 cm³/mol. The Bertz CT molecular complexity index is 865. The van der Waals surface area contributed by atoms with Crippen LogP contribution in [0.2, 0.25) is 0 Å². The van der Waals surface area contributed by atoms with E-state index in [1.54, 1.807) is 17.0 Å². The van der Waals surface area contributed by atoms with E-state index in [9.17, 15) is 9.59 Å². The van der Waals surface area contributed by atoms with Crippen molar-refractivity contribution in [3.63, 3.8) is 0 Å². The molecule has 4 rings (SSSR count). The Balaban J connectivity index is 1.43. The van der Waals surface area contributed by atoms with Crippen molar-refractivity contribution in [1.29, 1.82) is 0 Å². The number of nitrogens with zero attached hydrogens (tertiary/aromatic N) is 1. The number of morpholine rings is 1. The van der Waals surface area contributed by atoms with Crippen molar-refractivity contribution in [2.75, 3.05) is 25.0 Å². The number of nitrogens with one attached hydrogen (secondary N) is 2. The van der Waals surface area contributed by atoms with E-state index in [4.69, 9.17) is 4.74 Å². The molecule has 1 aliphatic heterocycles. The van der Waals surface area contributed by atoms with E-state index >= 15 is 0 Å². The number of benzene rings is 2. The number of urea groups is 1. The fourth-order valence-electron chi connectivity index (χ4n) is 3.29. The summed E-state index contributed by atoms with van der Waals surface area (Å²) in [5.74, 6) is -0.0893. The van der Waals surface area contributed by atoms with Gasteiger partial charge < -0.3 is 20.3 Å². The van der Waals surface area contributed by atoms with Gasteiger partial charge >= 0.3 is 6.03 Å². The molecule has 0 aromatic heterocycles. The SMILES string of the molecule is Cc1ccc(C(=O)NC2CC2)cc1NC(=O)N1CCOC(c2ccccc2)C1. The molecule has 0 spiro atoms. The smallest absolute Gasteiger partial charge is 0.322 e. The lowest BCUT2D eigenvalue weighted by atomic mass is 10.1. The van der Waals surface area contributed by atoms with E-state index in [-0.39, 0.29) is 18.0 Å². The molecule has 0 bridgehead atoms. The molecule has 1 heterocycles. The van der Waals surface area contributed by atoms with Gasteiger partial charge in [-0.25, -0.2) is 4.79 Å². The van der Waals surface area contributed by atoms with Crippen LogP contribution < -0.4 is 10.6 Å². The van der Waals surface area contributed by atoms with Crippen LogP contribution in [0.5, 0.6) is 0 Å². The number of carbonyl (C=O) groups excluding carboxylic acids is 2. The summed E-state index contributed by atoms with van der Waals surface area (Å²) >= 11 is 0. The monoisotopic (exact) mass is 379 g/mol. The molecule has 1 atom stereocenters. The average molecular weight is 379 g/mol. The fourth-order valence-corrected chi connectivity index (χ4v) is 3.29. The molecule has 6 heteroatoms. The van der Waals surface area contributed by atoms with Crippen molar-refractivity contribution < 1.29 is 14.3 Å². The van der Waals surface area contributed by atoms with Crippen LogP contribution in [0.15, 0.2) is 48.5 Å². The quantitative estimate of drug-likeness (QED) is 0.854. The molecule has 2 aromatic rings. The summed E-state index contributed by atoms with van der Waals surface area (Å²) in [4.78, 5) is 26.9. The van der Waals surface area contributed by atoms with Crippen molar-refractivity contribution in [1.82, 2.24) is 10.2 Å². The summed E-state index contributed by atoms with van der Waals surface area (Å²) in [5, 5.41) is 5.95. The predicted octanol–water partition coefficient (Wildman–Crippen LogP) is 3.49. The van der Waals surface area contributed by atoms with Crippen LogP contribution in [0.25, 0.3) is 0 Å². The Morgan fingerprint density at radius 2 is 1.89 bits per heavy atom. The van der Waals surface area contributed by atoms with Crippen LogP contribution in [-0.4, -0.2) is 42.6 Å². The molecule has 1 saturated heterocycles. The molecule has 2 N–H and O–H groups in total. The first-order valence-corrected chi connectivity index (χ1v) is 9.74. The average Bonchev–Trinajstić information content (AvgIpc) is 3.54. The summed E-state index contributed by atoms with van der Waals surface area (Å²) in [5.41, 5.74) is 3.22. The van der Waals surface area contributed by atoms with E-state index in [1.807, 2.05) is 43.3 Å². The zero-order valence-corrected chi connectivity index (χ0v) is 16.0. The van der Waals surface area contributed by atoms with Gasteiger partial charge in [-0.1, -0.05) is 36.4 Å². The standard InChI is InChI=1S/C22H25N3O3/c1-15-7-8-17(21(26)23-18-9-10-18)13-19(15)24-22(27)25-11-12-28-20(14-25)16-5-3-2-4-6-16/h2-8,13,18,20H,9-12,14H2,1H3,(H,23,26)(H,24,27). The Hall–Kier alpha value is -2.86. The Kier molecular flexibility index (Phi) is 5.30. The van der Waals surface area contributed by atoms with Gasteiger partial charge in [-0.05, 0) is 43.0 Å². The summed E-state index contributed by atoms with van der Waals surface area (Å²) in [6, 6.07) is 15.5. The maximum absolute atomic E-state index is 12.8. The van der Waals surface area contributed by atoms with Gasteiger partial charge in [-0.15, -0.1) is 0 Å². The van der Waals surface area contributed by atoms with Crippen molar-refractivity contribution >= 4 is 17.6 Å². The Morgan fingerprint density at radius 1 is 1.11 bits per heavy atom. The molecule has 3 amide bonds. The fraction of sp³-hybridized carbons (Fsp3) is 0.364. The maximum Gasteiger partial charge on any atom is 0.322 e. The molecule has 1 aliphatic carbocycles. The van der Waals surface area contributed by atoms with Gasteiger partial charge in [0.1, 0.15) is 6.10 Å². The van der Waals surface area contributed by atoms with Crippen LogP contribution in [-0.2, 0) is 4.74 Å². The minimum absolute atomic E-state index is 0.0893. The molecule has 146 valence electrons. The minimum atomic E-state index is -0.174. The minimum Gasteiger partial charge on any atom is -0.370 e. The Labute approximate surface area is 164 Å². The lowest BCUT2D eigenvalue weighted by molar-refractivity contribution is -0.0135. The van der Waals surface area contributed by atoms with Crippen molar-refractivity contribution in [2.24, 2.45) is 0 Å². The van der Waals surface area contributed by atoms with Gasteiger partial charge in [0.05, 0.1) is 13.2 Å². The van der Waals surface area contributed by atoms with Gasteiger partial charge in [0.25, 0.3) is 5.91 Å². The first-order valence-electron chi connectivity index (χ1n) is 9.74. The lowest BCUT2D eigenvalue weighted by Gasteiger charge is -2.33. The zero-order valence-electron chi connectivity index (χ0n) is 16.0. The van der Waals surface area contributed by atoms with Crippen LogP contribution in [0.3, 0.4) is 0 Å².